The van der Waals surface area contributed by atoms with Crippen molar-refractivity contribution in [2.75, 3.05) is 0 Å². The minimum absolute atomic E-state index is 0.0739. The van der Waals surface area contributed by atoms with Gasteiger partial charge in [0.1, 0.15) is 18.5 Å². The van der Waals surface area contributed by atoms with Crippen LogP contribution in [0.4, 0.5) is 0 Å². The van der Waals surface area contributed by atoms with Gasteiger partial charge in [0.05, 0.1) is 0 Å². The second-order valence-corrected chi connectivity index (χ2v) is 3.59. The third kappa shape index (κ3) is 1.26. The quantitative estimate of drug-likeness (QED) is 0.539. The first-order valence-electron chi connectivity index (χ1n) is 4.07. The summed E-state index contributed by atoms with van der Waals surface area (Å²) in [6.07, 6.45) is 0.622. The molecule has 2 saturated heterocycles. The Morgan fingerprint density at radius 2 is 2.17 bits per heavy atom. The molecule has 0 N–H and O–H groups in total. The maximum atomic E-state index is 10.4. The molecule has 2 fully saturated rings. The molecule has 0 aromatic rings. The van der Waals surface area contributed by atoms with Gasteiger partial charge in [-0.25, -0.2) is 0 Å². The molecule has 4 heteroatoms. The van der Waals surface area contributed by atoms with Crippen molar-refractivity contribution in [3.05, 3.63) is 0 Å². The summed E-state index contributed by atoms with van der Waals surface area (Å²) in [7, 11) is 0. The van der Waals surface area contributed by atoms with Gasteiger partial charge in [-0.2, -0.15) is 0 Å². The third-order valence-electron chi connectivity index (χ3n) is 2.06. The Morgan fingerprint density at radius 1 is 1.42 bits per heavy atom. The Morgan fingerprint density at radius 3 is 2.75 bits per heavy atom. The lowest BCUT2D eigenvalue weighted by Gasteiger charge is -2.18. The highest BCUT2D eigenvalue weighted by atomic mass is 16.8. The van der Waals surface area contributed by atoms with Crippen LogP contribution in [0, 0.1) is 0 Å². The number of hydrogen-bond acceptors (Lipinski definition) is 4. The molecule has 2 aliphatic heterocycles. The van der Waals surface area contributed by atoms with E-state index in [0.717, 1.165) is 6.29 Å². The molecule has 0 radical (unpaired) electrons. The van der Waals surface area contributed by atoms with Crippen molar-refractivity contribution in [2.45, 2.75) is 44.6 Å². The Hall–Kier alpha value is -0.450. The fourth-order valence-electron chi connectivity index (χ4n) is 1.62. The van der Waals surface area contributed by atoms with Crippen molar-refractivity contribution in [3.8, 4) is 0 Å². The van der Waals surface area contributed by atoms with E-state index in [1.165, 1.54) is 0 Å². The second kappa shape index (κ2) is 2.52. The first kappa shape index (κ1) is 8.16. The molecule has 68 valence electrons. The van der Waals surface area contributed by atoms with Crippen molar-refractivity contribution in [3.63, 3.8) is 0 Å². The van der Waals surface area contributed by atoms with Gasteiger partial charge in [0.25, 0.3) is 0 Å². The van der Waals surface area contributed by atoms with Crippen LogP contribution in [0.5, 0.6) is 0 Å². The predicted octanol–water partition coefficient (Wildman–Crippen LogP) is 0.452. The summed E-state index contributed by atoms with van der Waals surface area (Å²) in [6.45, 7) is 3.68. The lowest BCUT2D eigenvalue weighted by Crippen LogP contribution is -2.25. The second-order valence-electron chi connectivity index (χ2n) is 3.59. The summed E-state index contributed by atoms with van der Waals surface area (Å²) in [5.41, 5.74) is 0. The van der Waals surface area contributed by atoms with Crippen LogP contribution in [-0.4, -0.2) is 30.6 Å². The molecule has 0 spiro atoms. The van der Waals surface area contributed by atoms with E-state index in [4.69, 9.17) is 14.2 Å². The van der Waals surface area contributed by atoms with E-state index < -0.39 is 5.79 Å². The van der Waals surface area contributed by atoms with Crippen molar-refractivity contribution >= 4 is 6.29 Å². The Balaban J connectivity index is 2.02. The summed E-state index contributed by atoms with van der Waals surface area (Å²) in [5.74, 6) is -0.566. The highest BCUT2D eigenvalue weighted by molar-refractivity contribution is 5.56. The largest absolute Gasteiger partial charge is 0.342 e. The minimum atomic E-state index is -0.566. The number of fused-ring (bicyclic) bond motifs is 1. The molecular formula is C8H12O4. The van der Waals surface area contributed by atoms with E-state index in [2.05, 4.69) is 0 Å². The average Bonchev–Trinajstić information content (AvgIpc) is 2.40. The average molecular weight is 172 g/mol. The molecule has 0 saturated carbocycles. The van der Waals surface area contributed by atoms with Crippen LogP contribution in [0.2, 0.25) is 0 Å². The summed E-state index contributed by atoms with van der Waals surface area (Å²) in [6, 6.07) is 0. The molecule has 12 heavy (non-hydrogen) atoms. The van der Waals surface area contributed by atoms with Gasteiger partial charge in [-0.3, -0.25) is 0 Å². The van der Waals surface area contributed by atoms with Crippen LogP contribution < -0.4 is 0 Å². The molecule has 0 aromatic carbocycles. The monoisotopic (exact) mass is 172 g/mol. The van der Waals surface area contributed by atoms with Crippen molar-refractivity contribution in [1.82, 2.24) is 0 Å². The van der Waals surface area contributed by atoms with Crippen LogP contribution >= 0.6 is 0 Å². The topological polar surface area (TPSA) is 44.8 Å². The lowest BCUT2D eigenvalue weighted by molar-refractivity contribution is -0.202. The summed E-state index contributed by atoms with van der Waals surface area (Å²) in [4.78, 5) is 10.4. The van der Waals surface area contributed by atoms with E-state index in [1.807, 2.05) is 13.8 Å². The molecule has 0 unspecified atom stereocenters. The van der Waals surface area contributed by atoms with Crippen LogP contribution in [0.3, 0.4) is 0 Å². The third-order valence-corrected chi connectivity index (χ3v) is 2.06. The van der Waals surface area contributed by atoms with Gasteiger partial charge in [-0.05, 0) is 13.8 Å². The number of hydrogen-bond donors (Lipinski definition) is 0. The van der Waals surface area contributed by atoms with E-state index in [9.17, 15) is 4.79 Å². The molecule has 2 heterocycles. The normalized spacial score (nSPS) is 44.3. The van der Waals surface area contributed by atoms with Crippen LogP contribution in [0.25, 0.3) is 0 Å². The Kier molecular flexibility index (Phi) is 1.71. The van der Waals surface area contributed by atoms with Gasteiger partial charge in [-0.15, -0.1) is 0 Å². The maximum Gasteiger partial charge on any atom is 0.188 e. The summed E-state index contributed by atoms with van der Waals surface area (Å²) >= 11 is 0. The van der Waals surface area contributed by atoms with E-state index >= 15 is 0 Å². The van der Waals surface area contributed by atoms with Gasteiger partial charge < -0.3 is 19.0 Å². The number of ether oxygens (including phenoxy) is 3. The van der Waals surface area contributed by atoms with E-state index in [0.29, 0.717) is 6.42 Å². The van der Waals surface area contributed by atoms with Gasteiger partial charge in [-0.1, -0.05) is 0 Å². The van der Waals surface area contributed by atoms with Gasteiger partial charge in [0, 0.05) is 6.42 Å². The molecule has 0 bridgehead atoms. The van der Waals surface area contributed by atoms with Crippen LogP contribution in [-0.2, 0) is 19.0 Å². The fraction of sp³-hybridized carbons (Fsp3) is 0.875. The summed E-state index contributed by atoms with van der Waals surface area (Å²) in [5, 5.41) is 0. The summed E-state index contributed by atoms with van der Waals surface area (Å²) < 4.78 is 16.2. The molecule has 3 atom stereocenters. The zero-order chi connectivity index (χ0) is 8.77. The molecule has 4 nitrogen and oxygen atoms in total. The number of aldehydes is 1. The standard InChI is InChI=1S/C8H12O4/c1-8(2)11-6-3-5(4-9)10-7(6)12-8/h4-7H,3H2,1-2H3/t5-,6-,7-/m1/s1. The zero-order valence-electron chi connectivity index (χ0n) is 7.15. The molecular weight excluding hydrogens is 160 g/mol. The minimum Gasteiger partial charge on any atom is -0.342 e. The zero-order valence-corrected chi connectivity index (χ0v) is 7.15. The van der Waals surface area contributed by atoms with Crippen LogP contribution in [0.15, 0.2) is 0 Å². The predicted molar refractivity (Wildman–Crippen MR) is 39.4 cm³/mol. The molecule has 0 amide bonds. The first-order chi connectivity index (χ1) is 5.61. The number of rotatable bonds is 1. The molecule has 0 aromatic heterocycles. The number of carbonyl (C=O) groups excluding carboxylic acids is 1. The Bertz CT molecular complexity index is 185. The number of carbonyl (C=O) groups is 1. The lowest BCUT2D eigenvalue weighted by atomic mass is 10.2. The fourth-order valence-corrected chi connectivity index (χ4v) is 1.62. The van der Waals surface area contributed by atoms with Crippen LogP contribution in [0.1, 0.15) is 20.3 Å². The van der Waals surface area contributed by atoms with Crippen molar-refractivity contribution in [2.24, 2.45) is 0 Å². The SMILES string of the molecule is CC1(C)O[C@H]2O[C@@H](C=O)C[C@H]2O1. The smallest absolute Gasteiger partial charge is 0.188 e. The molecule has 2 rings (SSSR count). The highest BCUT2D eigenvalue weighted by Gasteiger charge is 2.48. The molecule has 2 aliphatic rings. The van der Waals surface area contributed by atoms with Gasteiger partial charge >= 0.3 is 0 Å². The highest BCUT2D eigenvalue weighted by Crippen LogP contribution is 2.36. The Labute approximate surface area is 70.8 Å². The van der Waals surface area contributed by atoms with E-state index in [1.54, 1.807) is 0 Å². The first-order valence-corrected chi connectivity index (χ1v) is 4.07. The molecule has 0 aliphatic carbocycles. The maximum absolute atomic E-state index is 10.4. The van der Waals surface area contributed by atoms with Gasteiger partial charge in [0.2, 0.25) is 0 Å². The van der Waals surface area contributed by atoms with Crippen molar-refractivity contribution < 1.29 is 19.0 Å². The van der Waals surface area contributed by atoms with E-state index in [-0.39, 0.29) is 18.5 Å². The van der Waals surface area contributed by atoms with Gasteiger partial charge in [0.15, 0.2) is 12.1 Å². The van der Waals surface area contributed by atoms with Crippen molar-refractivity contribution in [1.29, 1.82) is 0 Å².